The lowest BCUT2D eigenvalue weighted by atomic mass is 10.1. The van der Waals surface area contributed by atoms with E-state index in [1.54, 1.807) is 42.5 Å². The van der Waals surface area contributed by atoms with E-state index in [-0.39, 0.29) is 5.57 Å². The molecule has 0 spiro atoms. The van der Waals surface area contributed by atoms with Gasteiger partial charge in [-0.15, -0.1) is 0 Å². The van der Waals surface area contributed by atoms with E-state index in [0.717, 1.165) is 11.1 Å². The molecule has 0 aliphatic heterocycles. The summed E-state index contributed by atoms with van der Waals surface area (Å²) in [6, 6.07) is 16.5. The monoisotopic (exact) mass is 318 g/mol. The van der Waals surface area contributed by atoms with Gasteiger partial charge in [0, 0.05) is 5.69 Å². The van der Waals surface area contributed by atoms with Crippen LogP contribution in [0.4, 0.5) is 5.69 Å². The Morgan fingerprint density at radius 2 is 1.96 bits per heavy atom. The zero-order valence-electron chi connectivity index (χ0n) is 13.5. The molecule has 2 rings (SSSR count). The van der Waals surface area contributed by atoms with E-state index < -0.39 is 5.91 Å². The van der Waals surface area contributed by atoms with Gasteiger partial charge in [0.15, 0.2) is 0 Å². The summed E-state index contributed by atoms with van der Waals surface area (Å²) in [5.41, 5.74) is 2.42. The molecule has 2 aromatic carbocycles. The van der Waals surface area contributed by atoms with Crippen molar-refractivity contribution < 1.29 is 9.53 Å². The third-order valence-electron chi connectivity index (χ3n) is 3.32. The Hall–Kier alpha value is -3.32. The first-order valence-corrected chi connectivity index (χ1v) is 7.46. The largest absolute Gasteiger partial charge is 0.490 e. The highest BCUT2D eigenvalue weighted by Crippen LogP contribution is 2.17. The molecule has 4 nitrogen and oxygen atoms in total. The van der Waals surface area contributed by atoms with Crippen molar-refractivity contribution in [3.05, 3.63) is 77.9 Å². The van der Waals surface area contributed by atoms with Crippen LogP contribution < -0.4 is 10.1 Å². The van der Waals surface area contributed by atoms with Crippen molar-refractivity contribution in [3.8, 4) is 11.8 Å². The number of nitrogens with zero attached hydrogens (tertiary/aromatic N) is 1. The van der Waals surface area contributed by atoms with Crippen LogP contribution in [0.1, 0.15) is 11.1 Å². The molecule has 0 aliphatic carbocycles. The SMILES string of the molecule is C=CCOc1ccc(/C=C(/C#N)C(=O)Nc2ccccc2C)cc1. The number of nitrogens with one attached hydrogen (secondary N) is 1. The lowest BCUT2D eigenvalue weighted by Gasteiger charge is -2.07. The number of anilines is 1. The summed E-state index contributed by atoms with van der Waals surface area (Å²) in [7, 11) is 0. The molecule has 120 valence electrons. The molecule has 24 heavy (non-hydrogen) atoms. The van der Waals surface area contributed by atoms with E-state index in [0.29, 0.717) is 18.0 Å². The lowest BCUT2D eigenvalue weighted by Crippen LogP contribution is -2.14. The van der Waals surface area contributed by atoms with Gasteiger partial charge in [0.1, 0.15) is 24.0 Å². The zero-order valence-corrected chi connectivity index (χ0v) is 13.5. The summed E-state index contributed by atoms with van der Waals surface area (Å²) < 4.78 is 5.40. The van der Waals surface area contributed by atoms with Crippen LogP contribution in [0, 0.1) is 18.3 Å². The van der Waals surface area contributed by atoms with Gasteiger partial charge in [-0.05, 0) is 42.3 Å². The maximum Gasteiger partial charge on any atom is 0.266 e. The Morgan fingerprint density at radius 1 is 1.25 bits per heavy atom. The number of carbonyl (C=O) groups excluding carboxylic acids is 1. The minimum atomic E-state index is -0.432. The van der Waals surface area contributed by atoms with Gasteiger partial charge >= 0.3 is 0 Å². The smallest absolute Gasteiger partial charge is 0.266 e. The molecule has 0 radical (unpaired) electrons. The van der Waals surface area contributed by atoms with Crippen molar-refractivity contribution in [2.75, 3.05) is 11.9 Å². The Bertz CT molecular complexity index is 799. The van der Waals surface area contributed by atoms with Gasteiger partial charge in [-0.1, -0.05) is 43.0 Å². The third kappa shape index (κ3) is 4.59. The first-order chi connectivity index (χ1) is 11.6. The predicted molar refractivity (Wildman–Crippen MR) is 95.5 cm³/mol. The number of carbonyl (C=O) groups is 1. The maximum atomic E-state index is 12.3. The summed E-state index contributed by atoms with van der Waals surface area (Å²) in [5, 5.41) is 12.0. The highest BCUT2D eigenvalue weighted by atomic mass is 16.5. The van der Waals surface area contributed by atoms with Crippen molar-refractivity contribution in [3.63, 3.8) is 0 Å². The lowest BCUT2D eigenvalue weighted by molar-refractivity contribution is -0.112. The number of amides is 1. The van der Waals surface area contributed by atoms with Gasteiger partial charge in [-0.3, -0.25) is 4.79 Å². The highest BCUT2D eigenvalue weighted by Gasteiger charge is 2.10. The normalized spacial score (nSPS) is 10.6. The molecule has 0 bridgehead atoms. The molecule has 0 aromatic heterocycles. The average molecular weight is 318 g/mol. The maximum absolute atomic E-state index is 12.3. The first-order valence-electron chi connectivity index (χ1n) is 7.46. The number of hydrogen-bond acceptors (Lipinski definition) is 3. The fraction of sp³-hybridized carbons (Fsp3) is 0.100. The third-order valence-corrected chi connectivity index (χ3v) is 3.32. The fourth-order valence-corrected chi connectivity index (χ4v) is 2.03. The molecule has 0 atom stereocenters. The van der Waals surface area contributed by atoms with Gasteiger partial charge in [0.25, 0.3) is 5.91 Å². The Balaban J connectivity index is 2.13. The van der Waals surface area contributed by atoms with E-state index in [4.69, 9.17) is 4.74 Å². The van der Waals surface area contributed by atoms with E-state index in [2.05, 4.69) is 11.9 Å². The second kappa shape index (κ2) is 8.35. The minimum Gasteiger partial charge on any atom is -0.490 e. The van der Waals surface area contributed by atoms with Crippen LogP contribution in [-0.2, 0) is 4.79 Å². The van der Waals surface area contributed by atoms with Crippen molar-refractivity contribution in [1.82, 2.24) is 0 Å². The Kier molecular flexibility index (Phi) is 5.93. The molecule has 0 saturated carbocycles. The van der Waals surface area contributed by atoms with E-state index in [9.17, 15) is 10.1 Å². The number of para-hydroxylation sites is 1. The predicted octanol–water partition coefficient (Wildman–Crippen LogP) is 4.11. The van der Waals surface area contributed by atoms with E-state index in [1.807, 2.05) is 31.2 Å². The zero-order chi connectivity index (χ0) is 17.4. The molecule has 0 saturated heterocycles. The molecule has 0 unspecified atom stereocenters. The van der Waals surface area contributed by atoms with E-state index in [1.165, 1.54) is 0 Å². The number of hydrogen-bond donors (Lipinski definition) is 1. The molecular formula is C20H18N2O2. The van der Waals surface area contributed by atoms with Crippen LogP contribution in [0.25, 0.3) is 6.08 Å². The molecule has 0 aliphatic rings. The number of ether oxygens (including phenoxy) is 1. The van der Waals surface area contributed by atoms with Crippen LogP contribution >= 0.6 is 0 Å². The van der Waals surface area contributed by atoms with Crippen LogP contribution in [0.3, 0.4) is 0 Å². The molecular weight excluding hydrogens is 300 g/mol. The second-order valence-corrected chi connectivity index (χ2v) is 5.11. The molecule has 0 fully saturated rings. The first kappa shape index (κ1) is 17.0. The summed E-state index contributed by atoms with van der Waals surface area (Å²) in [5.74, 6) is 0.272. The minimum absolute atomic E-state index is 0.0398. The molecule has 2 aromatic rings. The standard InChI is InChI=1S/C20H18N2O2/c1-3-12-24-18-10-8-16(9-11-18)13-17(14-21)20(23)22-19-7-5-4-6-15(19)2/h3-11,13H,1,12H2,2H3,(H,22,23)/b17-13-. The van der Waals surface area contributed by atoms with Gasteiger partial charge in [0.05, 0.1) is 0 Å². The van der Waals surface area contributed by atoms with E-state index >= 15 is 0 Å². The summed E-state index contributed by atoms with van der Waals surface area (Å²) >= 11 is 0. The fourth-order valence-electron chi connectivity index (χ4n) is 2.03. The van der Waals surface area contributed by atoms with Crippen molar-refractivity contribution in [2.45, 2.75) is 6.92 Å². The summed E-state index contributed by atoms with van der Waals surface area (Å²) in [6.45, 7) is 5.91. The van der Waals surface area contributed by atoms with Crippen molar-refractivity contribution in [2.24, 2.45) is 0 Å². The highest BCUT2D eigenvalue weighted by molar-refractivity contribution is 6.09. The summed E-state index contributed by atoms with van der Waals surface area (Å²) in [4.78, 5) is 12.3. The average Bonchev–Trinajstić information content (AvgIpc) is 2.60. The van der Waals surface area contributed by atoms with Crippen molar-refractivity contribution in [1.29, 1.82) is 5.26 Å². The Morgan fingerprint density at radius 3 is 2.58 bits per heavy atom. The van der Waals surface area contributed by atoms with Gasteiger partial charge in [-0.2, -0.15) is 5.26 Å². The van der Waals surface area contributed by atoms with Crippen LogP contribution in [0.2, 0.25) is 0 Å². The Labute approximate surface area is 141 Å². The van der Waals surface area contributed by atoms with Gasteiger partial charge < -0.3 is 10.1 Å². The molecule has 4 heteroatoms. The van der Waals surface area contributed by atoms with Crippen LogP contribution in [0.5, 0.6) is 5.75 Å². The molecule has 0 heterocycles. The molecule has 1 amide bonds. The topological polar surface area (TPSA) is 62.1 Å². The van der Waals surface area contributed by atoms with Gasteiger partial charge in [-0.25, -0.2) is 0 Å². The van der Waals surface area contributed by atoms with Crippen LogP contribution in [-0.4, -0.2) is 12.5 Å². The second-order valence-electron chi connectivity index (χ2n) is 5.11. The number of aryl methyl sites for hydroxylation is 1. The van der Waals surface area contributed by atoms with Gasteiger partial charge in [0.2, 0.25) is 0 Å². The summed E-state index contributed by atoms with van der Waals surface area (Å²) in [6.07, 6.45) is 3.21. The number of nitriles is 1. The quantitative estimate of drug-likeness (QED) is 0.495. The number of benzene rings is 2. The van der Waals surface area contributed by atoms with Crippen LogP contribution in [0.15, 0.2) is 66.8 Å². The van der Waals surface area contributed by atoms with Crippen molar-refractivity contribution >= 4 is 17.7 Å². The number of rotatable bonds is 6. The molecule has 1 N–H and O–H groups in total.